The standard InChI is InChI=1S/C14H15N3S/c1-17(9-14-10-18-11-16-14)8-13(7-15)12-5-3-2-4-6-12/h2-6,10-11,13H,8-9H2,1H3. The maximum Gasteiger partial charge on any atom is 0.0839 e. The van der Waals surface area contributed by atoms with Crippen molar-refractivity contribution in [2.24, 2.45) is 0 Å². The number of benzene rings is 1. The maximum absolute atomic E-state index is 9.26. The minimum Gasteiger partial charge on any atom is -0.299 e. The molecule has 18 heavy (non-hydrogen) atoms. The summed E-state index contributed by atoms with van der Waals surface area (Å²) in [4.78, 5) is 6.39. The molecule has 2 aromatic rings. The Labute approximate surface area is 111 Å². The Morgan fingerprint density at radius 3 is 2.78 bits per heavy atom. The summed E-state index contributed by atoms with van der Waals surface area (Å²) < 4.78 is 0. The first-order valence-corrected chi connectivity index (χ1v) is 6.74. The summed E-state index contributed by atoms with van der Waals surface area (Å²) in [7, 11) is 2.02. The van der Waals surface area contributed by atoms with Crippen LogP contribution in [0.1, 0.15) is 17.2 Å². The smallest absolute Gasteiger partial charge is 0.0839 e. The second-order valence-electron chi connectivity index (χ2n) is 4.27. The van der Waals surface area contributed by atoms with Gasteiger partial charge in [-0.2, -0.15) is 5.26 Å². The number of hydrogen-bond acceptors (Lipinski definition) is 4. The average molecular weight is 257 g/mol. The highest BCUT2D eigenvalue weighted by Crippen LogP contribution is 2.16. The molecule has 0 N–H and O–H groups in total. The van der Waals surface area contributed by atoms with E-state index in [1.165, 1.54) is 0 Å². The first kappa shape index (κ1) is 12.7. The predicted octanol–water partition coefficient (Wildman–Crippen LogP) is 2.88. The van der Waals surface area contributed by atoms with Crippen molar-refractivity contribution in [3.05, 3.63) is 52.5 Å². The lowest BCUT2D eigenvalue weighted by Gasteiger charge is -2.19. The van der Waals surface area contributed by atoms with E-state index in [-0.39, 0.29) is 5.92 Å². The van der Waals surface area contributed by atoms with Gasteiger partial charge < -0.3 is 0 Å². The Morgan fingerprint density at radius 2 is 2.17 bits per heavy atom. The summed E-state index contributed by atoms with van der Waals surface area (Å²) in [5.41, 5.74) is 3.97. The molecule has 1 heterocycles. The zero-order valence-electron chi connectivity index (χ0n) is 10.3. The SMILES string of the molecule is CN(Cc1cscn1)CC(C#N)c1ccccc1. The zero-order chi connectivity index (χ0) is 12.8. The van der Waals surface area contributed by atoms with Gasteiger partial charge >= 0.3 is 0 Å². The Morgan fingerprint density at radius 1 is 1.39 bits per heavy atom. The molecule has 0 bridgehead atoms. The van der Waals surface area contributed by atoms with Crippen molar-refractivity contribution in [1.82, 2.24) is 9.88 Å². The molecule has 0 aliphatic rings. The van der Waals surface area contributed by atoms with E-state index >= 15 is 0 Å². The highest BCUT2D eigenvalue weighted by molar-refractivity contribution is 7.07. The Bertz CT molecular complexity index is 502. The molecule has 0 aliphatic carbocycles. The summed E-state index contributed by atoms with van der Waals surface area (Å²) >= 11 is 1.60. The Hall–Kier alpha value is -1.70. The minimum absolute atomic E-state index is 0.0881. The number of nitrogens with zero attached hydrogens (tertiary/aromatic N) is 3. The van der Waals surface area contributed by atoms with Crippen LogP contribution >= 0.6 is 11.3 Å². The molecule has 4 heteroatoms. The fourth-order valence-corrected chi connectivity index (χ4v) is 2.42. The van der Waals surface area contributed by atoms with E-state index in [1.807, 2.05) is 48.3 Å². The predicted molar refractivity (Wildman–Crippen MR) is 73.2 cm³/mol. The molecule has 1 aromatic heterocycles. The largest absolute Gasteiger partial charge is 0.299 e. The van der Waals surface area contributed by atoms with Gasteiger partial charge in [-0.15, -0.1) is 11.3 Å². The summed E-state index contributed by atoms with van der Waals surface area (Å²) in [6.07, 6.45) is 0. The van der Waals surface area contributed by atoms with Crippen LogP contribution in [0.4, 0.5) is 0 Å². The minimum atomic E-state index is -0.0881. The van der Waals surface area contributed by atoms with Gasteiger partial charge in [-0.1, -0.05) is 30.3 Å². The molecule has 0 fully saturated rings. The number of nitriles is 1. The number of aromatic nitrogens is 1. The quantitative estimate of drug-likeness (QED) is 0.827. The van der Waals surface area contributed by atoms with Crippen molar-refractivity contribution in [3.63, 3.8) is 0 Å². The first-order chi connectivity index (χ1) is 8.79. The van der Waals surface area contributed by atoms with Gasteiger partial charge in [0.25, 0.3) is 0 Å². The zero-order valence-corrected chi connectivity index (χ0v) is 11.1. The molecular weight excluding hydrogens is 242 g/mol. The average Bonchev–Trinajstić information content (AvgIpc) is 2.90. The number of likely N-dealkylation sites (N-methyl/N-ethyl adjacent to an activating group) is 1. The summed E-state index contributed by atoms with van der Waals surface area (Å²) in [5, 5.41) is 11.3. The second kappa shape index (κ2) is 6.29. The van der Waals surface area contributed by atoms with E-state index in [0.717, 1.165) is 24.3 Å². The molecule has 92 valence electrons. The van der Waals surface area contributed by atoms with Gasteiger partial charge in [0.1, 0.15) is 0 Å². The van der Waals surface area contributed by atoms with Gasteiger partial charge in [0.05, 0.1) is 23.2 Å². The highest BCUT2D eigenvalue weighted by Gasteiger charge is 2.13. The molecule has 1 atom stereocenters. The van der Waals surface area contributed by atoms with Crippen molar-refractivity contribution in [1.29, 1.82) is 5.26 Å². The molecule has 2 rings (SSSR count). The van der Waals surface area contributed by atoms with Crippen LogP contribution in [0.2, 0.25) is 0 Å². The van der Waals surface area contributed by atoms with E-state index in [1.54, 1.807) is 11.3 Å². The van der Waals surface area contributed by atoms with E-state index in [4.69, 9.17) is 0 Å². The van der Waals surface area contributed by atoms with Gasteiger partial charge in [0.15, 0.2) is 0 Å². The maximum atomic E-state index is 9.26. The molecule has 1 aromatic carbocycles. The van der Waals surface area contributed by atoms with E-state index in [0.29, 0.717) is 0 Å². The van der Waals surface area contributed by atoms with E-state index < -0.39 is 0 Å². The van der Waals surface area contributed by atoms with Crippen LogP contribution in [0.3, 0.4) is 0 Å². The fourth-order valence-electron chi connectivity index (χ4n) is 1.87. The normalized spacial score (nSPS) is 12.3. The van der Waals surface area contributed by atoms with Crippen LogP contribution in [0.25, 0.3) is 0 Å². The summed E-state index contributed by atoms with van der Waals surface area (Å²) in [6.45, 7) is 1.51. The van der Waals surface area contributed by atoms with E-state index in [9.17, 15) is 5.26 Å². The molecule has 0 radical (unpaired) electrons. The molecule has 0 saturated carbocycles. The van der Waals surface area contributed by atoms with Crippen LogP contribution in [-0.2, 0) is 6.54 Å². The Balaban J connectivity index is 1.97. The van der Waals surface area contributed by atoms with Crippen LogP contribution in [0, 0.1) is 11.3 Å². The third-order valence-corrected chi connectivity index (χ3v) is 3.40. The third-order valence-electron chi connectivity index (χ3n) is 2.77. The highest BCUT2D eigenvalue weighted by atomic mass is 32.1. The van der Waals surface area contributed by atoms with Crippen molar-refractivity contribution in [2.45, 2.75) is 12.5 Å². The molecule has 1 unspecified atom stereocenters. The summed E-state index contributed by atoms with van der Waals surface area (Å²) in [6, 6.07) is 12.3. The van der Waals surface area contributed by atoms with Crippen LogP contribution in [-0.4, -0.2) is 23.5 Å². The van der Waals surface area contributed by atoms with Crippen LogP contribution in [0.15, 0.2) is 41.2 Å². The van der Waals surface area contributed by atoms with Gasteiger partial charge in [-0.25, -0.2) is 4.98 Å². The molecule has 0 saturated heterocycles. The molecule has 0 spiro atoms. The van der Waals surface area contributed by atoms with Gasteiger partial charge in [0.2, 0.25) is 0 Å². The lowest BCUT2D eigenvalue weighted by molar-refractivity contribution is 0.317. The second-order valence-corrected chi connectivity index (χ2v) is 4.99. The van der Waals surface area contributed by atoms with Crippen molar-refractivity contribution >= 4 is 11.3 Å². The fraction of sp³-hybridized carbons (Fsp3) is 0.286. The van der Waals surface area contributed by atoms with Gasteiger partial charge in [-0.3, -0.25) is 4.90 Å². The van der Waals surface area contributed by atoms with Gasteiger partial charge in [-0.05, 0) is 12.6 Å². The molecule has 0 amide bonds. The molecule has 3 nitrogen and oxygen atoms in total. The topological polar surface area (TPSA) is 39.9 Å². The molecular formula is C14H15N3S. The van der Waals surface area contributed by atoms with Crippen molar-refractivity contribution in [2.75, 3.05) is 13.6 Å². The lowest BCUT2D eigenvalue weighted by Crippen LogP contribution is -2.23. The number of hydrogen-bond donors (Lipinski definition) is 0. The lowest BCUT2D eigenvalue weighted by atomic mass is 10.0. The first-order valence-electron chi connectivity index (χ1n) is 5.79. The van der Waals surface area contributed by atoms with Gasteiger partial charge in [0, 0.05) is 18.5 Å². The number of thiazole rings is 1. The number of rotatable bonds is 5. The summed E-state index contributed by atoms with van der Waals surface area (Å²) in [5.74, 6) is -0.0881. The van der Waals surface area contributed by atoms with E-state index in [2.05, 4.69) is 16.0 Å². The molecule has 0 aliphatic heterocycles. The van der Waals surface area contributed by atoms with Crippen molar-refractivity contribution in [3.8, 4) is 6.07 Å². The Kier molecular flexibility index (Phi) is 4.46. The van der Waals surface area contributed by atoms with Crippen molar-refractivity contribution < 1.29 is 0 Å². The monoisotopic (exact) mass is 257 g/mol. The van der Waals surface area contributed by atoms with Crippen LogP contribution < -0.4 is 0 Å². The van der Waals surface area contributed by atoms with Crippen LogP contribution in [0.5, 0.6) is 0 Å². The third kappa shape index (κ3) is 3.39.